The average molecular weight is 578 g/mol. The predicted molar refractivity (Wildman–Crippen MR) is 150 cm³/mol. The van der Waals surface area contributed by atoms with Gasteiger partial charge in [-0.3, -0.25) is 14.4 Å². The molecule has 1 aromatic heterocycles. The van der Waals surface area contributed by atoms with Crippen molar-refractivity contribution in [3.05, 3.63) is 123 Å². The van der Waals surface area contributed by atoms with Gasteiger partial charge in [0.25, 0.3) is 11.8 Å². The number of ketones is 1. The van der Waals surface area contributed by atoms with Gasteiger partial charge in [-0.2, -0.15) is 0 Å². The Morgan fingerprint density at radius 1 is 0.889 bits per heavy atom. The second kappa shape index (κ2) is 12.5. The molecule has 0 fully saturated rings. The molecule has 0 aliphatic rings. The van der Waals surface area contributed by atoms with E-state index in [0.29, 0.717) is 17.0 Å². The number of hydrogen-bond donors (Lipinski definition) is 2. The van der Waals surface area contributed by atoms with Gasteiger partial charge in [-0.05, 0) is 65.6 Å². The van der Waals surface area contributed by atoms with Gasteiger partial charge in [0.1, 0.15) is 5.70 Å². The van der Waals surface area contributed by atoms with Crippen molar-refractivity contribution in [3.8, 4) is 0 Å². The molecule has 5 nitrogen and oxygen atoms in total. The normalized spacial score (nSPS) is 11.1. The molecule has 0 radical (unpaired) electrons. The number of thiophene rings is 1. The number of nitrogens with one attached hydrogen (secondary N) is 2. The molecule has 2 N–H and O–H groups in total. The zero-order valence-electron chi connectivity index (χ0n) is 18.9. The number of hydrogen-bond acceptors (Lipinski definition) is 5. The molecule has 0 saturated heterocycles. The first-order valence-corrected chi connectivity index (χ1v) is 13.6. The highest BCUT2D eigenvalue weighted by molar-refractivity contribution is 9.10. The van der Waals surface area contributed by atoms with Crippen LogP contribution >= 0.6 is 39.0 Å². The number of carbonyl (C=O) groups excluding carboxylic acids is 3. The first kappa shape index (κ1) is 25.6. The average Bonchev–Trinajstić information content (AvgIpc) is 3.44. The topological polar surface area (TPSA) is 75.3 Å². The molecule has 4 rings (SSSR count). The second-order valence-corrected chi connectivity index (χ2v) is 10.5. The number of rotatable bonds is 9. The van der Waals surface area contributed by atoms with E-state index < -0.39 is 5.91 Å². The molecule has 8 heteroatoms. The second-order valence-electron chi connectivity index (χ2n) is 7.60. The van der Waals surface area contributed by atoms with Crippen LogP contribution in [0, 0.1) is 0 Å². The van der Waals surface area contributed by atoms with Crippen molar-refractivity contribution in [3.63, 3.8) is 0 Å². The van der Waals surface area contributed by atoms with Gasteiger partial charge < -0.3 is 10.6 Å². The van der Waals surface area contributed by atoms with Gasteiger partial charge in [0.15, 0.2) is 5.78 Å². The number of thioether (sulfide) groups is 1. The minimum absolute atomic E-state index is 0.0628. The lowest BCUT2D eigenvalue weighted by molar-refractivity contribution is -0.113. The van der Waals surface area contributed by atoms with Crippen LogP contribution in [0.5, 0.6) is 0 Å². The molecule has 180 valence electrons. The minimum Gasteiger partial charge on any atom is -0.321 e. The Balaban J connectivity index is 1.49. The van der Waals surface area contributed by atoms with Crippen molar-refractivity contribution in [2.24, 2.45) is 0 Å². The summed E-state index contributed by atoms with van der Waals surface area (Å²) in [4.78, 5) is 39.9. The van der Waals surface area contributed by atoms with E-state index in [-0.39, 0.29) is 17.4 Å². The standard InChI is InChI=1S/C28H21BrN2O3S2/c29-21-13-11-19(12-14-21)16-24(31-27(33)20-6-2-1-3-7-20)28(34)30-22-8-4-9-23(17-22)36-18-25(32)26-10-5-15-35-26/h1-17H,18H2,(H,30,34)(H,31,33)/b24-16-. The van der Waals surface area contributed by atoms with Crippen LogP contribution in [0.1, 0.15) is 25.6 Å². The number of halogens is 1. The van der Waals surface area contributed by atoms with Gasteiger partial charge in [-0.15, -0.1) is 23.1 Å². The van der Waals surface area contributed by atoms with E-state index in [1.165, 1.54) is 23.1 Å². The highest BCUT2D eigenvalue weighted by Gasteiger charge is 2.15. The summed E-state index contributed by atoms with van der Waals surface area (Å²) in [5.41, 5.74) is 1.87. The third-order valence-electron chi connectivity index (χ3n) is 4.97. The van der Waals surface area contributed by atoms with Gasteiger partial charge in [0.05, 0.1) is 10.6 Å². The van der Waals surface area contributed by atoms with Gasteiger partial charge in [-0.1, -0.05) is 58.4 Å². The first-order chi connectivity index (χ1) is 17.5. The lowest BCUT2D eigenvalue weighted by Gasteiger charge is -2.12. The van der Waals surface area contributed by atoms with E-state index in [0.717, 1.165) is 19.8 Å². The lowest BCUT2D eigenvalue weighted by Crippen LogP contribution is -2.30. The van der Waals surface area contributed by atoms with Crippen molar-refractivity contribution < 1.29 is 14.4 Å². The maximum Gasteiger partial charge on any atom is 0.272 e. The fourth-order valence-corrected chi connectivity index (χ4v) is 5.05. The van der Waals surface area contributed by atoms with E-state index in [1.807, 2.05) is 60.0 Å². The van der Waals surface area contributed by atoms with Crippen molar-refractivity contribution in [1.29, 1.82) is 0 Å². The van der Waals surface area contributed by atoms with Gasteiger partial charge in [0, 0.05) is 20.6 Å². The van der Waals surface area contributed by atoms with Crippen LogP contribution in [0.2, 0.25) is 0 Å². The number of carbonyl (C=O) groups is 3. The van der Waals surface area contributed by atoms with Crippen LogP contribution in [-0.2, 0) is 4.79 Å². The highest BCUT2D eigenvalue weighted by Crippen LogP contribution is 2.24. The zero-order valence-corrected chi connectivity index (χ0v) is 22.2. The molecule has 0 spiro atoms. The van der Waals surface area contributed by atoms with Gasteiger partial charge in [-0.25, -0.2) is 0 Å². The van der Waals surface area contributed by atoms with Crippen molar-refractivity contribution in [1.82, 2.24) is 5.32 Å². The third-order valence-corrected chi connectivity index (χ3v) is 7.40. The Bertz CT molecular complexity index is 1390. The molecule has 36 heavy (non-hydrogen) atoms. The molecule has 3 aromatic carbocycles. The molecule has 0 atom stereocenters. The highest BCUT2D eigenvalue weighted by atomic mass is 79.9. The summed E-state index contributed by atoms with van der Waals surface area (Å²) < 4.78 is 0.908. The summed E-state index contributed by atoms with van der Waals surface area (Å²) in [6.07, 6.45) is 1.63. The third kappa shape index (κ3) is 7.27. The largest absolute Gasteiger partial charge is 0.321 e. The SMILES string of the molecule is O=C(Nc1cccc(SCC(=O)c2cccs2)c1)/C(=C/c1ccc(Br)cc1)NC(=O)c1ccccc1. The van der Waals surface area contributed by atoms with Crippen LogP contribution in [0.3, 0.4) is 0 Å². The van der Waals surface area contributed by atoms with Gasteiger partial charge >= 0.3 is 0 Å². The van der Waals surface area contributed by atoms with E-state index >= 15 is 0 Å². The number of amides is 2. The fourth-order valence-electron chi connectivity index (χ4n) is 3.19. The quantitative estimate of drug-likeness (QED) is 0.129. The van der Waals surface area contributed by atoms with Crippen LogP contribution in [0.15, 0.2) is 111 Å². The van der Waals surface area contributed by atoms with E-state index in [4.69, 9.17) is 0 Å². The fraction of sp³-hybridized carbons (Fsp3) is 0.0357. The lowest BCUT2D eigenvalue weighted by atomic mass is 10.1. The number of anilines is 1. The van der Waals surface area contributed by atoms with Gasteiger partial charge in [0.2, 0.25) is 0 Å². The van der Waals surface area contributed by atoms with Crippen molar-refractivity contribution in [2.75, 3.05) is 11.1 Å². The number of benzene rings is 3. The molecular formula is C28H21BrN2O3S2. The van der Waals surface area contributed by atoms with E-state index in [1.54, 1.807) is 42.5 Å². The first-order valence-electron chi connectivity index (χ1n) is 10.9. The van der Waals surface area contributed by atoms with Crippen molar-refractivity contribution >= 4 is 68.4 Å². The van der Waals surface area contributed by atoms with Crippen LogP contribution in [0.25, 0.3) is 6.08 Å². The summed E-state index contributed by atoms with van der Waals surface area (Å²) in [6.45, 7) is 0. The molecular weight excluding hydrogens is 556 g/mol. The Labute approximate surface area is 225 Å². The van der Waals surface area contributed by atoms with Crippen LogP contribution in [0.4, 0.5) is 5.69 Å². The number of Topliss-reactive ketones (excluding diaryl/α,β-unsaturated/α-hetero) is 1. The zero-order chi connectivity index (χ0) is 25.3. The van der Waals surface area contributed by atoms with Crippen molar-refractivity contribution in [2.45, 2.75) is 4.90 Å². The Kier molecular flexibility index (Phi) is 8.89. The molecule has 1 heterocycles. The smallest absolute Gasteiger partial charge is 0.272 e. The maximum atomic E-state index is 13.2. The molecule has 0 aliphatic heterocycles. The molecule has 0 bridgehead atoms. The summed E-state index contributed by atoms with van der Waals surface area (Å²) in [5.74, 6) is -0.475. The minimum atomic E-state index is -0.459. The summed E-state index contributed by atoms with van der Waals surface area (Å²) in [7, 11) is 0. The molecule has 2 amide bonds. The molecule has 0 aliphatic carbocycles. The summed E-state index contributed by atoms with van der Waals surface area (Å²) in [5, 5.41) is 7.47. The molecule has 4 aromatic rings. The van der Waals surface area contributed by atoms with E-state index in [2.05, 4.69) is 26.6 Å². The monoisotopic (exact) mass is 576 g/mol. The van der Waals surface area contributed by atoms with Crippen LogP contribution in [-0.4, -0.2) is 23.4 Å². The molecule has 0 saturated carbocycles. The summed E-state index contributed by atoms with van der Waals surface area (Å²) in [6, 6.07) is 27.1. The van der Waals surface area contributed by atoms with E-state index in [9.17, 15) is 14.4 Å². The summed E-state index contributed by atoms with van der Waals surface area (Å²) >= 11 is 6.23. The Morgan fingerprint density at radius 2 is 1.67 bits per heavy atom. The van der Waals surface area contributed by atoms with Crippen LogP contribution < -0.4 is 10.6 Å². The molecule has 0 unspecified atom stereocenters. The Hall–Kier alpha value is -3.46. The predicted octanol–water partition coefficient (Wildman–Crippen LogP) is 6.90. The maximum absolute atomic E-state index is 13.2. The Morgan fingerprint density at radius 3 is 2.39 bits per heavy atom.